The summed E-state index contributed by atoms with van der Waals surface area (Å²) in [5, 5.41) is 9.49. The van der Waals surface area contributed by atoms with Crippen molar-refractivity contribution >= 4 is 5.97 Å². The Kier molecular flexibility index (Phi) is 4.66. The van der Waals surface area contributed by atoms with Gasteiger partial charge in [0.25, 0.3) is 0 Å². The van der Waals surface area contributed by atoms with Crippen LogP contribution in [0.2, 0.25) is 0 Å². The van der Waals surface area contributed by atoms with Crippen LogP contribution in [0.15, 0.2) is 30.3 Å². The molecule has 3 N–H and O–H groups in total. The predicted molar refractivity (Wildman–Crippen MR) is 65.9 cm³/mol. The normalized spacial score (nSPS) is 16.2. The van der Waals surface area contributed by atoms with Crippen LogP contribution < -0.4 is 5.73 Å². The number of carboxylic acid groups (broad SMARTS) is 1. The fourth-order valence-corrected chi connectivity index (χ4v) is 1.95. The second-order valence-corrected chi connectivity index (χ2v) is 4.21. The number of hydrogen-bond donors (Lipinski definition) is 2. The van der Waals surface area contributed by atoms with Crippen molar-refractivity contribution in [1.29, 1.82) is 0 Å². The lowest BCUT2D eigenvalue weighted by Crippen LogP contribution is -2.45. The Morgan fingerprint density at radius 1 is 1.47 bits per heavy atom. The van der Waals surface area contributed by atoms with Crippen molar-refractivity contribution in [2.75, 3.05) is 13.7 Å². The van der Waals surface area contributed by atoms with E-state index in [1.54, 1.807) is 19.2 Å². The maximum atomic E-state index is 11.6. The van der Waals surface area contributed by atoms with Crippen LogP contribution in [0.1, 0.15) is 18.9 Å². The summed E-state index contributed by atoms with van der Waals surface area (Å²) in [6.45, 7) is 1.90. The molecule has 0 saturated heterocycles. The Balaban J connectivity index is 3.14. The highest BCUT2D eigenvalue weighted by molar-refractivity contribution is 5.81. The lowest BCUT2D eigenvalue weighted by Gasteiger charge is -2.30. The molecular formula is C13H19NO3. The molecule has 0 saturated carbocycles. The maximum Gasteiger partial charge on any atom is 0.315 e. The van der Waals surface area contributed by atoms with Crippen molar-refractivity contribution in [3.63, 3.8) is 0 Å². The third-order valence-electron chi connectivity index (χ3n) is 3.12. The minimum atomic E-state index is -1.07. The highest BCUT2D eigenvalue weighted by atomic mass is 16.5. The molecule has 17 heavy (non-hydrogen) atoms. The Morgan fingerprint density at radius 3 is 2.47 bits per heavy atom. The van der Waals surface area contributed by atoms with E-state index in [1.165, 1.54) is 0 Å². The second kappa shape index (κ2) is 5.80. The topological polar surface area (TPSA) is 72.5 Å². The van der Waals surface area contributed by atoms with Crippen LogP contribution in [0.4, 0.5) is 0 Å². The van der Waals surface area contributed by atoms with Gasteiger partial charge in [0.05, 0.1) is 6.10 Å². The zero-order valence-electron chi connectivity index (χ0n) is 10.2. The van der Waals surface area contributed by atoms with E-state index in [0.717, 1.165) is 5.56 Å². The Morgan fingerprint density at radius 2 is 2.06 bits per heavy atom. The number of nitrogens with two attached hydrogens (primary N) is 1. The van der Waals surface area contributed by atoms with Gasteiger partial charge in [0.2, 0.25) is 0 Å². The molecule has 94 valence electrons. The van der Waals surface area contributed by atoms with Crippen LogP contribution in [-0.2, 0) is 14.9 Å². The van der Waals surface area contributed by atoms with E-state index < -0.39 is 11.4 Å². The number of carboxylic acids is 1. The van der Waals surface area contributed by atoms with Crippen molar-refractivity contribution in [1.82, 2.24) is 0 Å². The quantitative estimate of drug-likeness (QED) is 0.784. The van der Waals surface area contributed by atoms with Crippen LogP contribution in [-0.4, -0.2) is 30.8 Å². The fraction of sp³-hybridized carbons (Fsp3) is 0.462. The molecular weight excluding hydrogens is 218 g/mol. The van der Waals surface area contributed by atoms with Crippen molar-refractivity contribution in [2.24, 2.45) is 5.73 Å². The minimum Gasteiger partial charge on any atom is -0.481 e. The summed E-state index contributed by atoms with van der Waals surface area (Å²) >= 11 is 0. The van der Waals surface area contributed by atoms with E-state index in [9.17, 15) is 9.90 Å². The molecule has 1 rings (SSSR count). The van der Waals surface area contributed by atoms with Gasteiger partial charge >= 0.3 is 5.97 Å². The number of methoxy groups -OCH3 is 1. The standard InChI is InChI=1S/C13H19NO3/c1-10(17-2)8-13(9-14,12(15)16)11-6-4-3-5-7-11/h3-7,10H,8-9,14H2,1-2H3,(H,15,16). The zero-order chi connectivity index (χ0) is 12.9. The monoisotopic (exact) mass is 237 g/mol. The van der Waals surface area contributed by atoms with Gasteiger partial charge in [0.15, 0.2) is 0 Å². The van der Waals surface area contributed by atoms with E-state index in [0.29, 0.717) is 6.42 Å². The molecule has 0 fully saturated rings. The Hall–Kier alpha value is -1.39. The molecule has 2 atom stereocenters. The number of benzene rings is 1. The first-order valence-corrected chi connectivity index (χ1v) is 5.58. The first-order valence-electron chi connectivity index (χ1n) is 5.58. The Bertz CT molecular complexity index is 366. The third kappa shape index (κ3) is 2.84. The molecule has 0 heterocycles. The van der Waals surface area contributed by atoms with Gasteiger partial charge in [0, 0.05) is 13.7 Å². The molecule has 0 aliphatic carbocycles. The van der Waals surface area contributed by atoms with Crippen molar-refractivity contribution < 1.29 is 14.6 Å². The summed E-state index contributed by atoms with van der Waals surface area (Å²) in [5.74, 6) is -0.907. The largest absolute Gasteiger partial charge is 0.481 e. The van der Waals surface area contributed by atoms with Gasteiger partial charge in [0.1, 0.15) is 5.41 Å². The molecule has 0 aliphatic heterocycles. The summed E-state index contributed by atoms with van der Waals surface area (Å²) in [7, 11) is 1.57. The van der Waals surface area contributed by atoms with E-state index >= 15 is 0 Å². The summed E-state index contributed by atoms with van der Waals surface area (Å²) in [6.07, 6.45) is 0.203. The lowest BCUT2D eigenvalue weighted by molar-refractivity contribution is -0.145. The van der Waals surface area contributed by atoms with Gasteiger partial charge in [-0.25, -0.2) is 0 Å². The van der Waals surface area contributed by atoms with E-state index in [-0.39, 0.29) is 12.6 Å². The molecule has 0 spiro atoms. The van der Waals surface area contributed by atoms with Crippen LogP contribution in [0.5, 0.6) is 0 Å². The third-order valence-corrected chi connectivity index (χ3v) is 3.12. The first-order chi connectivity index (χ1) is 8.06. The average Bonchev–Trinajstić information content (AvgIpc) is 2.36. The molecule has 1 aromatic carbocycles. The number of rotatable bonds is 6. The summed E-state index contributed by atoms with van der Waals surface area (Å²) in [5.41, 5.74) is 5.36. The molecule has 0 aromatic heterocycles. The minimum absolute atomic E-state index is 0.0556. The summed E-state index contributed by atoms with van der Waals surface area (Å²) in [6, 6.07) is 9.08. The van der Waals surface area contributed by atoms with Crippen LogP contribution in [0.3, 0.4) is 0 Å². The highest BCUT2D eigenvalue weighted by Crippen LogP contribution is 2.29. The molecule has 1 aromatic rings. The Labute approximate surface area is 101 Å². The highest BCUT2D eigenvalue weighted by Gasteiger charge is 2.40. The van der Waals surface area contributed by atoms with Gasteiger partial charge in [-0.3, -0.25) is 4.79 Å². The molecule has 2 unspecified atom stereocenters. The predicted octanol–water partition coefficient (Wildman–Crippen LogP) is 1.39. The SMILES string of the molecule is COC(C)CC(CN)(C(=O)O)c1ccccc1. The van der Waals surface area contributed by atoms with Crippen LogP contribution >= 0.6 is 0 Å². The van der Waals surface area contributed by atoms with Crippen molar-refractivity contribution in [3.05, 3.63) is 35.9 Å². The van der Waals surface area contributed by atoms with Gasteiger partial charge < -0.3 is 15.6 Å². The lowest BCUT2D eigenvalue weighted by atomic mass is 9.76. The number of aliphatic carboxylic acids is 1. The van der Waals surface area contributed by atoms with Crippen molar-refractivity contribution in [3.8, 4) is 0 Å². The van der Waals surface area contributed by atoms with E-state index in [2.05, 4.69) is 0 Å². The summed E-state index contributed by atoms with van der Waals surface area (Å²) in [4.78, 5) is 11.6. The number of hydrogen-bond acceptors (Lipinski definition) is 3. The molecule has 0 amide bonds. The fourth-order valence-electron chi connectivity index (χ4n) is 1.95. The van der Waals surface area contributed by atoms with Gasteiger partial charge in [-0.2, -0.15) is 0 Å². The van der Waals surface area contributed by atoms with Gasteiger partial charge in [-0.05, 0) is 18.9 Å². The number of ether oxygens (including phenoxy) is 1. The second-order valence-electron chi connectivity index (χ2n) is 4.21. The van der Waals surface area contributed by atoms with E-state index in [4.69, 9.17) is 10.5 Å². The smallest absolute Gasteiger partial charge is 0.315 e. The first kappa shape index (κ1) is 13.7. The van der Waals surface area contributed by atoms with Crippen LogP contribution in [0.25, 0.3) is 0 Å². The molecule has 0 bridgehead atoms. The summed E-state index contributed by atoms with van der Waals surface area (Å²) < 4.78 is 5.16. The van der Waals surface area contributed by atoms with Gasteiger partial charge in [-0.15, -0.1) is 0 Å². The maximum absolute atomic E-state index is 11.6. The molecule has 0 aliphatic rings. The molecule has 4 nitrogen and oxygen atoms in total. The molecule has 0 radical (unpaired) electrons. The zero-order valence-corrected chi connectivity index (χ0v) is 10.2. The number of carbonyl (C=O) groups is 1. The van der Waals surface area contributed by atoms with Gasteiger partial charge in [-0.1, -0.05) is 30.3 Å². The van der Waals surface area contributed by atoms with Crippen molar-refractivity contribution in [2.45, 2.75) is 24.9 Å². The molecule has 4 heteroatoms. The van der Waals surface area contributed by atoms with E-state index in [1.807, 2.05) is 25.1 Å². The van der Waals surface area contributed by atoms with Crippen LogP contribution in [0, 0.1) is 0 Å². The average molecular weight is 237 g/mol.